The van der Waals surface area contributed by atoms with E-state index < -0.39 is 0 Å². The van der Waals surface area contributed by atoms with Crippen LogP contribution in [0.5, 0.6) is 5.88 Å². The first kappa shape index (κ1) is 15.7. The Balaban J connectivity index is 1.69. The van der Waals surface area contributed by atoms with E-state index in [1.54, 1.807) is 12.3 Å². The third-order valence-electron chi connectivity index (χ3n) is 4.09. The van der Waals surface area contributed by atoms with Crippen LogP contribution in [0.3, 0.4) is 0 Å². The number of H-pyrrole nitrogens is 1. The van der Waals surface area contributed by atoms with Crippen LogP contribution in [0.1, 0.15) is 16.8 Å². The number of aromatic nitrogens is 2. The number of hydrogen-bond donors (Lipinski definition) is 2. The van der Waals surface area contributed by atoms with Gasteiger partial charge in [-0.1, -0.05) is 46.3 Å². The maximum atomic E-state index is 12.2. The summed E-state index contributed by atoms with van der Waals surface area (Å²) in [7, 11) is 0. The second kappa shape index (κ2) is 6.22. The van der Waals surface area contributed by atoms with Gasteiger partial charge in [0, 0.05) is 21.8 Å². The SMILES string of the molecule is O=c1[nH]c(C=C2C=Nc3ccccc32)c(O)n1Cc1ccc(Br)cc1. The van der Waals surface area contributed by atoms with Crippen LogP contribution >= 0.6 is 15.9 Å². The van der Waals surface area contributed by atoms with Crippen LogP contribution in [0.15, 0.2) is 62.8 Å². The number of aromatic amines is 1. The normalized spacial score (nSPS) is 14.2. The number of aromatic hydroxyl groups is 1. The number of aliphatic imine (C=N–C) groups is 1. The van der Waals surface area contributed by atoms with E-state index in [1.807, 2.05) is 48.5 Å². The smallest absolute Gasteiger partial charge is 0.329 e. The molecular weight excluding hydrogens is 382 g/mol. The predicted molar refractivity (Wildman–Crippen MR) is 102 cm³/mol. The Morgan fingerprint density at radius 3 is 2.72 bits per heavy atom. The largest absolute Gasteiger partial charge is 0.493 e. The molecule has 0 saturated carbocycles. The zero-order chi connectivity index (χ0) is 17.4. The molecule has 1 aliphatic rings. The lowest BCUT2D eigenvalue weighted by Gasteiger charge is -2.04. The average Bonchev–Trinajstić information content (AvgIpc) is 3.14. The molecule has 1 aliphatic heterocycles. The summed E-state index contributed by atoms with van der Waals surface area (Å²) < 4.78 is 2.28. The van der Waals surface area contributed by atoms with Crippen molar-refractivity contribution in [2.75, 3.05) is 0 Å². The van der Waals surface area contributed by atoms with Crippen LogP contribution in [0, 0.1) is 0 Å². The van der Waals surface area contributed by atoms with E-state index in [4.69, 9.17) is 0 Å². The number of halogens is 1. The highest BCUT2D eigenvalue weighted by Gasteiger charge is 2.16. The summed E-state index contributed by atoms with van der Waals surface area (Å²) in [5.41, 5.74) is 3.65. The average molecular weight is 396 g/mol. The Kier molecular flexibility index (Phi) is 3.89. The maximum Gasteiger partial charge on any atom is 0.329 e. The molecule has 0 unspecified atom stereocenters. The van der Waals surface area contributed by atoms with E-state index in [0.717, 1.165) is 26.9 Å². The van der Waals surface area contributed by atoms with Crippen molar-refractivity contribution >= 4 is 39.5 Å². The number of allylic oxidation sites excluding steroid dienone is 1. The molecule has 4 rings (SSSR count). The van der Waals surface area contributed by atoms with Crippen molar-refractivity contribution in [1.82, 2.24) is 9.55 Å². The molecule has 0 spiro atoms. The highest BCUT2D eigenvalue weighted by atomic mass is 79.9. The third-order valence-corrected chi connectivity index (χ3v) is 4.62. The number of nitrogens with zero attached hydrogens (tertiary/aromatic N) is 2. The molecule has 0 radical (unpaired) electrons. The molecule has 0 amide bonds. The van der Waals surface area contributed by atoms with Gasteiger partial charge in [-0.05, 0) is 29.8 Å². The number of rotatable bonds is 3. The van der Waals surface area contributed by atoms with Gasteiger partial charge in [0.05, 0.1) is 12.2 Å². The van der Waals surface area contributed by atoms with E-state index in [-0.39, 0.29) is 11.6 Å². The third kappa shape index (κ3) is 2.96. The fourth-order valence-corrected chi connectivity index (χ4v) is 3.07. The van der Waals surface area contributed by atoms with Crippen LogP contribution in [0.25, 0.3) is 11.6 Å². The first-order valence-electron chi connectivity index (χ1n) is 7.73. The molecule has 2 aromatic carbocycles. The van der Waals surface area contributed by atoms with Crippen LogP contribution < -0.4 is 5.69 Å². The molecule has 0 aliphatic carbocycles. The van der Waals surface area contributed by atoms with E-state index in [2.05, 4.69) is 25.9 Å². The van der Waals surface area contributed by atoms with Gasteiger partial charge in [0.25, 0.3) is 0 Å². The number of imidazole rings is 1. The second-order valence-electron chi connectivity index (χ2n) is 5.76. The minimum Gasteiger partial charge on any atom is -0.493 e. The zero-order valence-corrected chi connectivity index (χ0v) is 14.7. The monoisotopic (exact) mass is 395 g/mol. The van der Waals surface area contributed by atoms with Crippen LogP contribution in [-0.4, -0.2) is 20.9 Å². The summed E-state index contributed by atoms with van der Waals surface area (Å²) in [6.45, 7) is 0.294. The van der Waals surface area contributed by atoms with Crippen molar-refractivity contribution in [3.63, 3.8) is 0 Å². The number of para-hydroxylation sites is 1. The highest BCUT2D eigenvalue weighted by molar-refractivity contribution is 9.10. The van der Waals surface area contributed by atoms with Crippen LogP contribution in [-0.2, 0) is 6.54 Å². The van der Waals surface area contributed by atoms with Gasteiger partial charge in [-0.2, -0.15) is 0 Å². The van der Waals surface area contributed by atoms with Gasteiger partial charge in [0.15, 0.2) is 0 Å². The van der Waals surface area contributed by atoms with E-state index in [9.17, 15) is 9.90 Å². The lowest BCUT2D eigenvalue weighted by atomic mass is 10.1. The maximum absolute atomic E-state index is 12.2. The fraction of sp³-hybridized carbons (Fsp3) is 0.0526. The molecule has 2 heterocycles. The van der Waals surface area contributed by atoms with Crippen molar-refractivity contribution in [3.8, 4) is 5.88 Å². The van der Waals surface area contributed by atoms with Gasteiger partial charge >= 0.3 is 5.69 Å². The predicted octanol–water partition coefficient (Wildman–Crippen LogP) is 3.95. The summed E-state index contributed by atoms with van der Waals surface area (Å²) in [4.78, 5) is 19.3. The fourth-order valence-electron chi connectivity index (χ4n) is 2.81. The molecule has 0 fully saturated rings. The molecule has 5 nitrogen and oxygen atoms in total. The molecule has 124 valence electrons. The summed E-state index contributed by atoms with van der Waals surface area (Å²) in [5.74, 6) is -0.0850. The summed E-state index contributed by atoms with van der Waals surface area (Å²) in [5, 5.41) is 10.5. The minimum absolute atomic E-state index is 0.0850. The van der Waals surface area contributed by atoms with Crippen molar-refractivity contribution in [2.24, 2.45) is 4.99 Å². The first-order chi connectivity index (χ1) is 12.1. The van der Waals surface area contributed by atoms with Crippen LogP contribution in [0.4, 0.5) is 5.69 Å². The Bertz CT molecular complexity index is 1060. The van der Waals surface area contributed by atoms with Gasteiger partial charge in [-0.3, -0.25) is 9.56 Å². The summed E-state index contributed by atoms with van der Waals surface area (Å²) in [6, 6.07) is 15.4. The molecule has 1 aromatic heterocycles. The van der Waals surface area contributed by atoms with Gasteiger partial charge in [-0.15, -0.1) is 0 Å². The molecule has 6 heteroatoms. The van der Waals surface area contributed by atoms with E-state index in [1.165, 1.54) is 4.57 Å². The van der Waals surface area contributed by atoms with Gasteiger partial charge < -0.3 is 10.1 Å². The molecule has 0 saturated heterocycles. The molecule has 0 atom stereocenters. The minimum atomic E-state index is -0.351. The van der Waals surface area contributed by atoms with Crippen LogP contribution in [0.2, 0.25) is 0 Å². The number of nitrogens with one attached hydrogen (secondary N) is 1. The summed E-state index contributed by atoms with van der Waals surface area (Å²) in [6.07, 6.45) is 3.47. The van der Waals surface area contributed by atoms with Crippen molar-refractivity contribution < 1.29 is 5.11 Å². The van der Waals surface area contributed by atoms with Crippen molar-refractivity contribution in [1.29, 1.82) is 0 Å². The first-order valence-corrected chi connectivity index (χ1v) is 8.52. The number of benzene rings is 2. The standard InChI is InChI=1S/C19H14BrN3O2/c20-14-7-5-12(6-8-14)11-23-18(24)17(22-19(23)25)9-13-10-21-16-4-2-1-3-15(13)16/h1-10,24H,11H2,(H,22,25). The molecular formula is C19H14BrN3O2. The van der Waals surface area contributed by atoms with Crippen molar-refractivity contribution in [2.45, 2.75) is 6.54 Å². The Morgan fingerprint density at radius 2 is 1.92 bits per heavy atom. The zero-order valence-electron chi connectivity index (χ0n) is 13.1. The van der Waals surface area contributed by atoms with Gasteiger partial charge in [-0.25, -0.2) is 4.79 Å². The molecule has 25 heavy (non-hydrogen) atoms. The number of hydrogen-bond acceptors (Lipinski definition) is 3. The molecule has 2 N–H and O–H groups in total. The quantitative estimate of drug-likeness (QED) is 0.704. The topological polar surface area (TPSA) is 70.4 Å². The number of fused-ring (bicyclic) bond motifs is 1. The second-order valence-corrected chi connectivity index (χ2v) is 6.67. The Morgan fingerprint density at radius 1 is 1.16 bits per heavy atom. The van der Waals surface area contributed by atoms with E-state index >= 15 is 0 Å². The Labute approximate surface area is 152 Å². The Hall–Kier alpha value is -2.86. The summed E-state index contributed by atoms with van der Waals surface area (Å²) >= 11 is 3.38. The van der Waals surface area contributed by atoms with Gasteiger partial charge in [0.2, 0.25) is 5.88 Å². The van der Waals surface area contributed by atoms with E-state index in [0.29, 0.717) is 12.2 Å². The van der Waals surface area contributed by atoms with Gasteiger partial charge in [0.1, 0.15) is 5.69 Å². The highest BCUT2D eigenvalue weighted by Crippen LogP contribution is 2.32. The molecule has 0 bridgehead atoms. The van der Waals surface area contributed by atoms with Crippen molar-refractivity contribution in [3.05, 3.63) is 80.3 Å². The molecule has 3 aromatic rings. The lowest BCUT2D eigenvalue weighted by Crippen LogP contribution is -2.17. The lowest BCUT2D eigenvalue weighted by molar-refractivity contribution is 0.420.